The number of hydrogen-bond donors (Lipinski definition) is 3. The maximum atomic E-state index is 10.5. The molecule has 1 aromatic carbocycles. The van der Waals surface area contributed by atoms with Crippen LogP contribution >= 0.6 is 11.3 Å². The van der Waals surface area contributed by atoms with E-state index in [0.717, 1.165) is 28.0 Å². The standard InChI is InChI=1S/C22H25N5OS/c1-15-6-5-11-27-14-17(26-21(15)27)9-10-24-22(23-2)25-13-18(28)20-12-16-7-3-4-8-19(16)29-20/h3-8,11-12,14,18,28H,9-10,13H2,1-2H3,(H2,23,24,25). The Labute approximate surface area is 173 Å². The zero-order chi connectivity index (χ0) is 20.2. The molecule has 0 amide bonds. The van der Waals surface area contributed by atoms with Crippen LogP contribution in [-0.2, 0) is 6.42 Å². The third kappa shape index (κ3) is 4.41. The predicted molar refractivity (Wildman–Crippen MR) is 120 cm³/mol. The van der Waals surface area contributed by atoms with E-state index in [2.05, 4.69) is 51.3 Å². The van der Waals surface area contributed by atoms with Crippen LogP contribution < -0.4 is 10.6 Å². The van der Waals surface area contributed by atoms with Crippen molar-refractivity contribution in [2.75, 3.05) is 20.1 Å². The van der Waals surface area contributed by atoms with Gasteiger partial charge in [-0.05, 0) is 36.1 Å². The topological polar surface area (TPSA) is 74.0 Å². The average Bonchev–Trinajstić information content (AvgIpc) is 3.35. The number of rotatable bonds is 6. The number of aliphatic imine (C=N–C) groups is 1. The van der Waals surface area contributed by atoms with Crippen LogP contribution in [-0.4, -0.2) is 40.6 Å². The van der Waals surface area contributed by atoms with Gasteiger partial charge in [0.05, 0.1) is 5.69 Å². The van der Waals surface area contributed by atoms with Crippen molar-refractivity contribution < 1.29 is 5.11 Å². The van der Waals surface area contributed by atoms with Crippen LogP contribution in [0.25, 0.3) is 15.7 Å². The quantitative estimate of drug-likeness (QED) is 0.339. The van der Waals surface area contributed by atoms with Crippen molar-refractivity contribution in [3.63, 3.8) is 0 Å². The summed E-state index contributed by atoms with van der Waals surface area (Å²) in [5.41, 5.74) is 3.20. The summed E-state index contributed by atoms with van der Waals surface area (Å²) >= 11 is 1.62. The van der Waals surface area contributed by atoms with Crippen LogP contribution in [0.3, 0.4) is 0 Å². The second kappa shape index (κ2) is 8.63. The van der Waals surface area contributed by atoms with Gasteiger partial charge < -0.3 is 20.1 Å². The zero-order valence-corrected chi connectivity index (χ0v) is 17.4. The maximum Gasteiger partial charge on any atom is 0.191 e. The van der Waals surface area contributed by atoms with Crippen LogP contribution in [0.5, 0.6) is 0 Å². The van der Waals surface area contributed by atoms with Gasteiger partial charge in [0.15, 0.2) is 5.96 Å². The van der Waals surface area contributed by atoms with Crippen LogP contribution in [0.4, 0.5) is 0 Å². The third-order valence-electron chi connectivity index (χ3n) is 4.86. The van der Waals surface area contributed by atoms with Crippen LogP contribution in [0.2, 0.25) is 0 Å². The summed E-state index contributed by atoms with van der Waals surface area (Å²) in [5.74, 6) is 0.671. The van der Waals surface area contributed by atoms with E-state index in [0.29, 0.717) is 19.0 Å². The van der Waals surface area contributed by atoms with Crippen LogP contribution in [0.1, 0.15) is 22.2 Å². The highest BCUT2D eigenvalue weighted by Crippen LogP contribution is 2.29. The number of hydrogen-bond acceptors (Lipinski definition) is 4. The molecule has 0 fully saturated rings. The van der Waals surface area contributed by atoms with Gasteiger partial charge in [-0.25, -0.2) is 4.98 Å². The van der Waals surface area contributed by atoms with Crippen LogP contribution in [0, 0.1) is 6.92 Å². The first-order chi connectivity index (χ1) is 14.1. The minimum atomic E-state index is -0.577. The van der Waals surface area contributed by atoms with Gasteiger partial charge in [0.25, 0.3) is 0 Å². The van der Waals surface area contributed by atoms with Crippen LogP contribution in [0.15, 0.2) is 59.9 Å². The number of nitrogens with one attached hydrogen (secondary N) is 2. The molecule has 1 atom stereocenters. The summed E-state index contributed by atoms with van der Waals surface area (Å²) in [4.78, 5) is 9.89. The Morgan fingerprint density at radius 2 is 2.10 bits per heavy atom. The van der Waals surface area contributed by atoms with Gasteiger partial charge >= 0.3 is 0 Å². The molecular formula is C22H25N5OS. The lowest BCUT2D eigenvalue weighted by atomic mass is 10.2. The molecule has 3 heterocycles. The van der Waals surface area contributed by atoms with Gasteiger partial charge in [-0.2, -0.15) is 0 Å². The number of pyridine rings is 1. The summed E-state index contributed by atoms with van der Waals surface area (Å²) in [6, 6.07) is 14.3. The van der Waals surface area contributed by atoms with Gasteiger partial charge in [0.1, 0.15) is 11.8 Å². The van der Waals surface area contributed by atoms with E-state index in [-0.39, 0.29) is 0 Å². The molecule has 0 aliphatic heterocycles. The Kier molecular flexibility index (Phi) is 5.78. The van der Waals surface area contributed by atoms with Crippen molar-refractivity contribution in [1.82, 2.24) is 20.0 Å². The monoisotopic (exact) mass is 407 g/mol. The molecule has 3 aromatic heterocycles. The second-order valence-corrected chi connectivity index (χ2v) is 8.10. The van der Waals surface area contributed by atoms with Crippen molar-refractivity contribution in [3.05, 3.63) is 71.0 Å². The van der Waals surface area contributed by atoms with Gasteiger partial charge in [-0.3, -0.25) is 4.99 Å². The normalized spacial score (nSPS) is 13.1. The number of aliphatic hydroxyl groups is 1. The van der Waals surface area contributed by atoms with Gasteiger partial charge in [0, 0.05) is 48.5 Å². The molecule has 29 heavy (non-hydrogen) atoms. The fourth-order valence-electron chi connectivity index (χ4n) is 3.32. The van der Waals surface area contributed by atoms with Crippen molar-refractivity contribution in [1.29, 1.82) is 0 Å². The largest absolute Gasteiger partial charge is 0.386 e. The number of fused-ring (bicyclic) bond motifs is 2. The van der Waals surface area contributed by atoms with E-state index in [4.69, 9.17) is 4.98 Å². The highest BCUT2D eigenvalue weighted by Gasteiger charge is 2.12. The summed E-state index contributed by atoms with van der Waals surface area (Å²) in [7, 11) is 1.73. The molecule has 4 aromatic rings. The Hall–Kier alpha value is -2.90. The Bertz CT molecular complexity index is 1110. The van der Waals surface area contributed by atoms with E-state index in [1.807, 2.05) is 30.5 Å². The molecular weight excluding hydrogens is 382 g/mol. The Morgan fingerprint density at radius 3 is 2.90 bits per heavy atom. The van der Waals surface area contributed by atoms with E-state index < -0.39 is 6.10 Å². The van der Waals surface area contributed by atoms with E-state index in [9.17, 15) is 5.11 Å². The molecule has 0 spiro atoms. The highest BCUT2D eigenvalue weighted by molar-refractivity contribution is 7.19. The average molecular weight is 408 g/mol. The molecule has 0 aliphatic rings. The zero-order valence-electron chi connectivity index (χ0n) is 16.6. The summed E-state index contributed by atoms with van der Waals surface area (Å²) < 4.78 is 3.24. The van der Waals surface area contributed by atoms with Gasteiger partial charge in [-0.15, -0.1) is 11.3 Å². The Balaban J connectivity index is 1.29. The predicted octanol–water partition coefficient (Wildman–Crippen LogP) is 3.30. The SMILES string of the molecule is CN=C(NCCc1cn2cccc(C)c2n1)NCC(O)c1cc2ccccc2s1. The lowest BCUT2D eigenvalue weighted by Crippen LogP contribution is -2.40. The number of aryl methyl sites for hydroxylation is 1. The second-order valence-electron chi connectivity index (χ2n) is 6.99. The van der Waals surface area contributed by atoms with Crippen molar-refractivity contribution >= 4 is 33.0 Å². The maximum absolute atomic E-state index is 10.5. The lowest BCUT2D eigenvalue weighted by molar-refractivity contribution is 0.184. The minimum absolute atomic E-state index is 0.403. The third-order valence-corrected chi connectivity index (χ3v) is 6.08. The molecule has 0 bridgehead atoms. The number of thiophene rings is 1. The van der Waals surface area contributed by atoms with E-state index in [1.165, 1.54) is 10.3 Å². The molecule has 0 saturated carbocycles. The highest BCUT2D eigenvalue weighted by atomic mass is 32.1. The first kappa shape index (κ1) is 19.4. The number of aromatic nitrogens is 2. The fourth-order valence-corrected chi connectivity index (χ4v) is 4.37. The minimum Gasteiger partial charge on any atom is -0.386 e. The number of guanidine groups is 1. The summed E-state index contributed by atoms with van der Waals surface area (Å²) in [6.45, 7) is 3.18. The van der Waals surface area contributed by atoms with Crippen molar-refractivity contribution in [3.8, 4) is 0 Å². The van der Waals surface area contributed by atoms with Crippen molar-refractivity contribution in [2.45, 2.75) is 19.4 Å². The number of aliphatic hydroxyl groups excluding tert-OH is 1. The van der Waals surface area contributed by atoms with Gasteiger partial charge in [-0.1, -0.05) is 24.3 Å². The smallest absolute Gasteiger partial charge is 0.191 e. The lowest BCUT2D eigenvalue weighted by Gasteiger charge is -2.14. The molecule has 0 aliphatic carbocycles. The number of imidazole rings is 1. The molecule has 4 rings (SSSR count). The van der Waals surface area contributed by atoms with E-state index in [1.54, 1.807) is 18.4 Å². The molecule has 3 N–H and O–H groups in total. The first-order valence-corrected chi connectivity index (χ1v) is 10.5. The molecule has 0 saturated heterocycles. The van der Waals surface area contributed by atoms with Gasteiger partial charge in [0.2, 0.25) is 0 Å². The Morgan fingerprint density at radius 1 is 1.24 bits per heavy atom. The molecule has 150 valence electrons. The van der Waals surface area contributed by atoms with E-state index >= 15 is 0 Å². The molecule has 6 nitrogen and oxygen atoms in total. The fraction of sp³-hybridized carbons (Fsp3) is 0.273. The summed E-state index contributed by atoms with van der Waals surface area (Å²) in [5, 5.41) is 18.2. The number of nitrogens with zero attached hydrogens (tertiary/aromatic N) is 3. The number of benzene rings is 1. The first-order valence-electron chi connectivity index (χ1n) is 9.68. The van der Waals surface area contributed by atoms with Crippen molar-refractivity contribution in [2.24, 2.45) is 4.99 Å². The molecule has 7 heteroatoms. The molecule has 1 unspecified atom stereocenters. The molecule has 0 radical (unpaired) electrons. The summed E-state index contributed by atoms with van der Waals surface area (Å²) in [6.07, 6.45) is 4.29.